The fourth-order valence-electron chi connectivity index (χ4n) is 1.58. The van der Waals surface area contributed by atoms with Gasteiger partial charge in [0.05, 0.1) is 0 Å². The molecule has 0 aliphatic rings. The van der Waals surface area contributed by atoms with Crippen LogP contribution in [0.25, 0.3) is 0 Å². The summed E-state index contributed by atoms with van der Waals surface area (Å²) in [7, 11) is 0. The molecule has 21 heavy (non-hydrogen) atoms. The molecule has 3 amide bonds. The van der Waals surface area contributed by atoms with Gasteiger partial charge in [0, 0.05) is 24.7 Å². The molecule has 0 saturated heterocycles. The van der Waals surface area contributed by atoms with E-state index in [0.29, 0.717) is 24.6 Å². The Labute approximate surface area is 126 Å². The number of rotatable bonds is 6. The van der Waals surface area contributed by atoms with Gasteiger partial charge in [-0.3, -0.25) is 4.79 Å². The van der Waals surface area contributed by atoms with Crippen molar-refractivity contribution in [3.8, 4) is 0 Å². The molecule has 0 fully saturated rings. The summed E-state index contributed by atoms with van der Waals surface area (Å²) in [4.78, 5) is 23.4. The van der Waals surface area contributed by atoms with Crippen LogP contribution in [0.2, 0.25) is 0 Å². The van der Waals surface area contributed by atoms with E-state index in [2.05, 4.69) is 16.0 Å². The number of hydrogen-bond donors (Lipinski definition) is 3. The minimum Gasteiger partial charge on any atom is -0.350 e. The highest BCUT2D eigenvalue weighted by molar-refractivity contribution is 5.94. The SMILES string of the molecule is Cc1ccc(C(=O)NCCNC(=O)NC(C)C(C)C)cc1. The minimum atomic E-state index is -0.208. The van der Waals surface area contributed by atoms with Crippen LogP contribution in [-0.4, -0.2) is 31.1 Å². The van der Waals surface area contributed by atoms with Crippen LogP contribution in [0.15, 0.2) is 24.3 Å². The summed E-state index contributed by atoms with van der Waals surface area (Å²) in [6, 6.07) is 7.28. The second kappa shape index (κ2) is 8.29. The topological polar surface area (TPSA) is 70.2 Å². The zero-order valence-corrected chi connectivity index (χ0v) is 13.2. The van der Waals surface area contributed by atoms with Gasteiger partial charge in [-0.2, -0.15) is 0 Å². The van der Waals surface area contributed by atoms with Crippen molar-refractivity contribution in [1.82, 2.24) is 16.0 Å². The van der Waals surface area contributed by atoms with Crippen LogP contribution in [0, 0.1) is 12.8 Å². The highest BCUT2D eigenvalue weighted by Gasteiger charge is 2.10. The van der Waals surface area contributed by atoms with E-state index >= 15 is 0 Å². The molecule has 1 unspecified atom stereocenters. The van der Waals surface area contributed by atoms with Gasteiger partial charge in [0.2, 0.25) is 0 Å². The van der Waals surface area contributed by atoms with Crippen LogP contribution in [0.3, 0.4) is 0 Å². The summed E-state index contributed by atoms with van der Waals surface area (Å²) < 4.78 is 0. The number of benzene rings is 1. The first-order valence-electron chi connectivity index (χ1n) is 7.29. The van der Waals surface area contributed by atoms with E-state index < -0.39 is 0 Å². The third kappa shape index (κ3) is 6.29. The van der Waals surface area contributed by atoms with Crippen molar-refractivity contribution in [2.45, 2.75) is 33.7 Å². The zero-order valence-electron chi connectivity index (χ0n) is 13.2. The Morgan fingerprint density at radius 2 is 1.57 bits per heavy atom. The van der Waals surface area contributed by atoms with Gasteiger partial charge in [0.1, 0.15) is 0 Å². The lowest BCUT2D eigenvalue weighted by atomic mass is 10.1. The zero-order chi connectivity index (χ0) is 15.8. The molecule has 3 N–H and O–H groups in total. The van der Waals surface area contributed by atoms with Crippen molar-refractivity contribution in [2.24, 2.45) is 5.92 Å². The smallest absolute Gasteiger partial charge is 0.315 e. The highest BCUT2D eigenvalue weighted by atomic mass is 16.2. The van der Waals surface area contributed by atoms with E-state index in [-0.39, 0.29) is 18.0 Å². The number of nitrogens with one attached hydrogen (secondary N) is 3. The van der Waals surface area contributed by atoms with Crippen molar-refractivity contribution in [2.75, 3.05) is 13.1 Å². The molecule has 5 heteroatoms. The van der Waals surface area contributed by atoms with Gasteiger partial charge in [-0.05, 0) is 31.9 Å². The Morgan fingerprint density at radius 3 is 2.14 bits per heavy atom. The number of amides is 3. The maximum atomic E-state index is 11.8. The van der Waals surface area contributed by atoms with Crippen LogP contribution in [-0.2, 0) is 0 Å². The van der Waals surface area contributed by atoms with Gasteiger partial charge in [-0.15, -0.1) is 0 Å². The van der Waals surface area contributed by atoms with E-state index in [0.717, 1.165) is 5.56 Å². The predicted octanol–water partition coefficient (Wildman–Crippen LogP) is 2.07. The van der Waals surface area contributed by atoms with Gasteiger partial charge < -0.3 is 16.0 Å². The maximum Gasteiger partial charge on any atom is 0.315 e. The van der Waals surface area contributed by atoms with E-state index in [1.54, 1.807) is 12.1 Å². The summed E-state index contributed by atoms with van der Waals surface area (Å²) >= 11 is 0. The largest absolute Gasteiger partial charge is 0.350 e. The first-order valence-corrected chi connectivity index (χ1v) is 7.29. The Bertz CT molecular complexity index is 469. The molecule has 1 rings (SSSR count). The molecule has 5 nitrogen and oxygen atoms in total. The summed E-state index contributed by atoms with van der Waals surface area (Å²) in [5.74, 6) is 0.254. The van der Waals surface area contributed by atoms with Gasteiger partial charge in [-0.25, -0.2) is 4.79 Å². The molecule has 0 saturated carbocycles. The highest BCUT2D eigenvalue weighted by Crippen LogP contribution is 2.02. The lowest BCUT2D eigenvalue weighted by Crippen LogP contribution is -2.45. The predicted molar refractivity (Wildman–Crippen MR) is 84.3 cm³/mol. The van der Waals surface area contributed by atoms with Crippen LogP contribution in [0.1, 0.15) is 36.7 Å². The van der Waals surface area contributed by atoms with Gasteiger partial charge in [0.15, 0.2) is 0 Å². The molecule has 0 aliphatic heterocycles. The molecule has 116 valence electrons. The first kappa shape index (κ1) is 17.0. The summed E-state index contributed by atoms with van der Waals surface area (Å²) in [6.07, 6.45) is 0. The Balaban J connectivity index is 2.23. The fourth-order valence-corrected chi connectivity index (χ4v) is 1.58. The monoisotopic (exact) mass is 291 g/mol. The molecule has 1 atom stereocenters. The third-order valence-electron chi connectivity index (χ3n) is 3.37. The normalized spacial score (nSPS) is 11.9. The summed E-state index contributed by atoms with van der Waals surface area (Å²) in [6.45, 7) is 8.83. The molecule has 0 heterocycles. The summed E-state index contributed by atoms with van der Waals surface area (Å²) in [5.41, 5.74) is 1.74. The quantitative estimate of drug-likeness (QED) is 0.702. The minimum absolute atomic E-state index is 0.118. The molecular formula is C16H25N3O2. The average molecular weight is 291 g/mol. The van der Waals surface area contributed by atoms with E-state index in [9.17, 15) is 9.59 Å². The van der Waals surface area contributed by atoms with E-state index in [4.69, 9.17) is 0 Å². The molecule has 0 radical (unpaired) electrons. The van der Waals surface area contributed by atoms with Crippen molar-refractivity contribution < 1.29 is 9.59 Å². The van der Waals surface area contributed by atoms with Crippen molar-refractivity contribution in [3.63, 3.8) is 0 Å². The van der Waals surface area contributed by atoms with Crippen molar-refractivity contribution in [1.29, 1.82) is 0 Å². The van der Waals surface area contributed by atoms with Gasteiger partial charge in [-0.1, -0.05) is 31.5 Å². The third-order valence-corrected chi connectivity index (χ3v) is 3.37. The lowest BCUT2D eigenvalue weighted by molar-refractivity contribution is 0.0954. The summed E-state index contributed by atoms with van der Waals surface area (Å²) in [5, 5.41) is 8.33. The average Bonchev–Trinajstić information content (AvgIpc) is 2.44. The first-order chi connectivity index (χ1) is 9.90. The second-order valence-electron chi connectivity index (χ2n) is 5.55. The standard InChI is InChI=1S/C16H25N3O2/c1-11(2)13(4)19-16(21)18-10-9-17-15(20)14-7-5-12(3)6-8-14/h5-8,11,13H,9-10H2,1-4H3,(H,17,20)(H2,18,19,21). The van der Waals surface area contributed by atoms with E-state index in [1.165, 1.54) is 0 Å². The number of hydrogen-bond acceptors (Lipinski definition) is 2. The van der Waals surface area contributed by atoms with Crippen LogP contribution in [0.4, 0.5) is 4.79 Å². The fraction of sp³-hybridized carbons (Fsp3) is 0.500. The molecule has 1 aromatic carbocycles. The number of aryl methyl sites for hydroxylation is 1. The van der Waals surface area contributed by atoms with Gasteiger partial charge >= 0.3 is 6.03 Å². The maximum absolute atomic E-state index is 11.8. The number of carbonyl (C=O) groups excluding carboxylic acids is 2. The molecule has 1 aromatic rings. The van der Waals surface area contributed by atoms with Crippen LogP contribution in [0.5, 0.6) is 0 Å². The van der Waals surface area contributed by atoms with E-state index in [1.807, 2.05) is 39.8 Å². The van der Waals surface area contributed by atoms with Crippen molar-refractivity contribution >= 4 is 11.9 Å². The molecule has 0 spiro atoms. The molecule has 0 aromatic heterocycles. The van der Waals surface area contributed by atoms with Crippen molar-refractivity contribution in [3.05, 3.63) is 35.4 Å². The van der Waals surface area contributed by atoms with Gasteiger partial charge in [0.25, 0.3) is 5.91 Å². The van der Waals surface area contributed by atoms with Crippen LogP contribution >= 0.6 is 0 Å². The second-order valence-corrected chi connectivity index (χ2v) is 5.55. The Kier molecular flexibility index (Phi) is 6.72. The molecule has 0 bridgehead atoms. The Hall–Kier alpha value is -2.04. The number of urea groups is 1. The number of carbonyl (C=O) groups is 2. The van der Waals surface area contributed by atoms with Crippen LogP contribution < -0.4 is 16.0 Å². The Morgan fingerprint density at radius 1 is 1.00 bits per heavy atom. The molecular weight excluding hydrogens is 266 g/mol. The molecule has 0 aliphatic carbocycles. The lowest BCUT2D eigenvalue weighted by Gasteiger charge is -2.17.